The molecule has 0 atom stereocenters. The fraction of sp³-hybridized carbons (Fsp3) is 0.308. The van der Waals surface area contributed by atoms with Crippen LogP contribution in [0.5, 0.6) is 11.5 Å². The SMILES string of the molecule is CC(F)(F)c1cc2c(c(-c3cnoc3N)c1)OCCO2. The Bertz CT molecular complexity index is 650. The highest BCUT2D eigenvalue weighted by Crippen LogP contribution is 2.45. The van der Waals surface area contributed by atoms with E-state index >= 15 is 0 Å². The third-order valence-corrected chi connectivity index (χ3v) is 3.04. The maximum absolute atomic E-state index is 13.6. The van der Waals surface area contributed by atoms with Crippen LogP contribution in [-0.2, 0) is 5.92 Å². The summed E-state index contributed by atoms with van der Waals surface area (Å²) in [5, 5.41) is 3.55. The highest BCUT2D eigenvalue weighted by Gasteiger charge is 2.30. The molecule has 0 fully saturated rings. The standard InChI is InChI=1S/C13H12F2N2O3/c1-13(14,15)7-4-8(9-6-17-20-12(9)16)11-10(5-7)18-2-3-19-11/h4-6H,2-3,16H2,1H3. The first-order chi connectivity index (χ1) is 9.47. The Kier molecular flexibility index (Phi) is 2.77. The van der Waals surface area contributed by atoms with E-state index in [9.17, 15) is 8.78 Å². The molecule has 2 N–H and O–H groups in total. The van der Waals surface area contributed by atoms with E-state index in [1.165, 1.54) is 18.3 Å². The molecule has 0 saturated heterocycles. The molecule has 0 aliphatic carbocycles. The van der Waals surface area contributed by atoms with E-state index in [2.05, 4.69) is 5.16 Å². The van der Waals surface area contributed by atoms with Crippen molar-refractivity contribution in [2.24, 2.45) is 0 Å². The predicted molar refractivity (Wildman–Crippen MR) is 66.9 cm³/mol. The molecule has 5 nitrogen and oxygen atoms in total. The quantitative estimate of drug-likeness (QED) is 0.917. The second-order valence-corrected chi connectivity index (χ2v) is 4.54. The number of halogens is 2. The number of anilines is 1. The summed E-state index contributed by atoms with van der Waals surface area (Å²) in [4.78, 5) is 0. The van der Waals surface area contributed by atoms with Gasteiger partial charge in [0.1, 0.15) is 13.2 Å². The van der Waals surface area contributed by atoms with Gasteiger partial charge in [0, 0.05) is 18.1 Å². The van der Waals surface area contributed by atoms with Gasteiger partial charge < -0.3 is 19.7 Å². The van der Waals surface area contributed by atoms with Gasteiger partial charge in [-0.1, -0.05) is 5.16 Å². The molecule has 7 heteroatoms. The molecule has 0 bridgehead atoms. The molecular formula is C13H12F2N2O3. The van der Waals surface area contributed by atoms with Gasteiger partial charge >= 0.3 is 0 Å². The molecule has 1 aromatic carbocycles. The summed E-state index contributed by atoms with van der Waals surface area (Å²) in [6.07, 6.45) is 1.36. The molecule has 2 heterocycles. The number of benzene rings is 1. The Morgan fingerprint density at radius 2 is 1.95 bits per heavy atom. The van der Waals surface area contributed by atoms with Crippen molar-refractivity contribution in [3.63, 3.8) is 0 Å². The molecular weight excluding hydrogens is 270 g/mol. The van der Waals surface area contributed by atoms with Gasteiger partial charge in [-0.3, -0.25) is 0 Å². The third-order valence-electron chi connectivity index (χ3n) is 3.04. The summed E-state index contributed by atoms with van der Waals surface area (Å²) in [6, 6.07) is 2.60. The van der Waals surface area contributed by atoms with E-state index in [0.717, 1.165) is 6.92 Å². The first kappa shape index (κ1) is 12.7. The van der Waals surface area contributed by atoms with Gasteiger partial charge in [0.05, 0.1) is 11.8 Å². The number of nitrogen functional groups attached to an aromatic ring is 1. The Balaban J connectivity index is 2.24. The lowest BCUT2D eigenvalue weighted by molar-refractivity contribution is 0.0170. The topological polar surface area (TPSA) is 70.5 Å². The second-order valence-electron chi connectivity index (χ2n) is 4.54. The number of nitrogens with zero attached hydrogens (tertiary/aromatic N) is 1. The highest BCUT2D eigenvalue weighted by atomic mass is 19.3. The van der Waals surface area contributed by atoms with Crippen LogP contribution in [0.3, 0.4) is 0 Å². The first-order valence-corrected chi connectivity index (χ1v) is 5.99. The number of ether oxygens (including phenoxy) is 2. The lowest BCUT2D eigenvalue weighted by Crippen LogP contribution is -2.17. The average Bonchev–Trinajstić information content (AvgIpc) is 2.82. The summed E-state index contributed by atoms with van der Waals surface area (Å²) in [7, 11) is 0. The van der Waals surface area contributed by atoms with Gasteiger partial charge in [0.2, 0.25) is 5.88 Å². The minimum absolute atomic E-state index is 0.0398. The average molecular weight is 282 g/mol. The van der Waals surface area contributed by atoms with Crippen molar-refractivity contribution in [1.29, 1.82) is 0 Å². The zero-order valence-electron chi connectivity index (χ0n) is 10.7. The van der Waals surface area contributed by atoms with Crippen LogP contribution in [0.2, 0.25) is 0 Å². The fourth-order valence-corrected chi connectivity index (χ4v) is 2.06. The molecule has 0 unspecified atom stereocenters. The van der Waals surface area contributed by atoms with Crippen molar-refractivity contribution in [1.82, 2.24) is 5.16 Å². The summed E-state index contributed by atoms with van der Waals surface area (Å²) in [5.41, 5.74) is 6.26. The van der Waals surface area contributed by atoms with Crippen LogP contribution in [0.15, 0.2) is 22.9 Å². The van der Waals surface area contributed by atoms with Crippen molar-refractivity contribution in [2.75, 3.05) is 18.9 Å². The normalized spacial score (nSPS) is 14.3. The molecule has 106 valence electrons. The first-order valence-electron chi connectivity index (χ1n) is 5.99. The number of nitrogens with two attached hydrogens (primary N) is 1. The zero-order chi connectivity index (χ0) is 14.3. The Hall–Kier alpha value is -2.31. The van der Waals surface area contributed by atoms with Gasteiger partial charge in [-0.15, -0.1) is 0 Å². The van der Waals surface area contributed by atoms with Gasteiger partial charge in [-0.25, -0.2) is 8.78 Å². The maximum Gasteiger partial charge on any atom is 0.270 e. The van der Waals surface area contributed by atoms with Crippen LogP contribution in [0, 0.1) is 0 Å². The molecule has 3 rings (SSSR count). The van der Waals surface area contributed by atoms with Gasteiger partial charge in [0.15, 0.2) is 11.5 Å². The van der Waals surface area contributed by atoms with Crippen molar-refractivity contribution < 1.29 is 22.8 Å². The van der Waals surface area contributed by atoms with E-state index in [4.69, 9.17) is 19.7 Å². The summed E-state index contributed by atoms with van der Waals surface area (Å²) in [5.74, 6) is -2.32. The number of fused-ring (bicyclic) bond motifs is 1. The van der Waals surface area contributed by atoms with Crippen LogP contribution >= 0.6 is 0 Å². The smallest absolute Gasteiger partial charge is 0.270 e. The largest absolute Gasteiger partial charge is 0.486 e. The highest BCUT2D eigenvalue weighted by molar-refractivity contribution is 5.80. The molecule has 1 aliphatic rings. The van der Waals surface area contributed by atoms with Crippen molar-refractivity contribution in [3.05, 3.63) is 23.9 Å². The monoisotopic (exact) mass is 282 g/mol. The molecule has 1 aromatic heterocycles. The van der Waals surface area contributed by atoms with Crippen LogP contribution in [0.25, 0.3) is 11.1 Å². The predicted octanol–water partition coefficient (Wildman–Crippen LogP) is 2.81. The molecule has 0 amide bonds. The van der Waals surface area contributed by atoms with E-state index in [0.29, 0.717) is 30.1 Å². The minimum Gasteiger partial charge on any atom is -0.486 e. The van der Waals surface area contributed by atoms with E-state index < -0.39 is 5.92 Å². The number of hydrogen-bond acceptors (Lipinski definition) is 5. The van der Waals surface area contributed by atoms with Gasteiger partial charge in [-0.05, 0) is 12.1 Å². The van der Waals surface area contributed by atoms with Crippen molar-refractivity contribution in [2.45, 2.75) is 12.8 Å². The van der Waals surface area contributed by atoms with Crippen LogP contribution in [0.4, 0.5) is 14.7 Å². The van der Waals surface area contributed by atoms with E-state index in [-0.39, 0.29) is 17.2 Å². The van der Waals surface area contributed by atoms with Gasteiger partial charge in [-0.2, -0.15) is 0 Å². The van der Waals surface area contributed by atoms with E-state index in [1.807, 2.05) is 0 Å². The fourth-order valence-electron chi connectivity index (χ4n) is 2.06. The molecule has 0 radical (unpaired) electrons. The number of hydrogen-bond donors (Lipinski definition) is 1. The molecule has 2 aromatic rings. The molecule has 0 saturated carbocycles. The Morgan fingerprint density at radius 3 is 2.60 bits per heavy atom. The summed E-state index contributed by atoms with van der Waals surface area (Å²) < 4.78 is 42.8. The zero-order valence-corrected chi connectivity index (χ0v) is 10.7. The number of aromatic nitrogens is 1. The number of rotatable bonds is 2. The van der Waals surface area contributed by atoms with Crippen molar-refractivity contribution in [3.8, 4) is 22.6 Å². The molecule has 0 spiro atoms. The van der Waals surface area contributed by atoms with E-state index in [1.54, 1.807) is 0 Å². The van der Waals surface area contributed by atoms with Gasteiger partial charge in [0.25, 0.3) is 5.92 Å². The van der Waals surface area contributed by atoms with Crippen LogP contribution in [0.1, 0.15) is 12.5 Å². The molecule has 20 heavy (non-hydrogen) atoms. The maximum atomic E-state index is 13.6. The second kappa shape index (κ2) is 4.36. The summed E-state index contributed by atoms with van der Waals surface area (Å²) in [6.45, 7) is 1.47. The lowest BCUT2D eigenvalue weighted by atomic mass is 10.00. The summed E-state index contributed by atoms with van der Waals surface area (Å²) >= 11 is 0. The lowest BCUT2D eigenvalue weighted by Gasteiger charge is -2.23. The van der Waals surface area contributed by atoms with Crippen LogP contribution < -0.4 is 15.2 Å². The molecule has 1 aliphatic heterocycles. The minimum atomic E-state index is -3.00. The number of alkyl halides is 2. The third kappa shape index (κ3) is 2.04. The van der Waals surface area contributed by atoms with Crippen molar-refractivity contribution >= 4 is 5.88 Å². The Labute approximate surface area is 113 Å². The Morgan fingerprint density at radius 1 is 1.20 bits per heavy atom. The van der Waals surface area contributed by atoms with Crippen LogP contribution in [-0.4, -0.2) is 18.4 Å².